The number of hydrogen-bond acceptors (Lipinski definition) is 6. The van der Waals surface area contributed by atoms with E-state index in [-0.39, 0.29) is 28.1 Å². The van der Waals surface area contributed by atoms with Crippen LogP contribution in [0.2, 0.25) is 0 Å². The predicted octanol–water partition coefficient (Wildman–Crippen LogP) is 11.6. The van der Waals surface area contributed by atoms with Gasteiger partial charge in [-0.1, -0.05) is 120 Å². The van der Waals surface area contributed by atoms with Crippen LogP contribution in [0.1, 0.15) is 138 Å². The van der Waals surface area contributed by atoms with E-state index in [4.69, 9.17) is 4.98 Å². The third-order valence-corrected chi connectivity index (χ3v) is 19.0. The number of allylic oxidation sites excluding steroid dienone is 2. The SMILES string of the molecule is C[C@H]1[C@H](C)CC[C@]2(C(=O)O)CC[C@]3(C)C(=CC[C@@H]4[C@@]5(C)CC[C@@](O)(c6cn(CCCCCC(=O)Nc7cc(-c8ccccc8)nc8ccccc78)nn6)C(C)(C)[C@@H]5CC[C@]43C)[C@H]12. The van der Waals surface area contributed by atoms with E-state index < -0.39 is 22.4 Å². The van der Waals surface area contributed by atoms with Crippen LogP contribution in [0.3, 0.4) is 0 Å². The zero-order chi connectivity index (χ0) is 43.9. The first-order valence-corrected chi connectivity index (χ1v) is 23.8. The zero-order valence-electron chi connectivity index (χ0n) is 38.2. The Morgan fingerprint density at radius 3 is 2.39 bits per heavy atom. The van der Waals surface area contributed by atoms with E-state index in [0.717, 1.165) is 98.5 Å². The van der Waals surface area contributed by atoms with Gasteiger partial charge in [0.25, 0.3) is 0 Å². The van der Waals surface area contributed by atoms with Gasteiger partial charge in [-0.05, 0) is 129 Å². The molecule has 62 heavy (non-hydrogen) atoms. The average Bonchev–Trinajstić information content (AvgIpc) is 3.73. The van der Waals surface area contributed by atoms with Crippen LogP contribution < -0.4 is 5.32 Å². The number of carboxylic acid groups (broad SMARTS) is 1. The Labute approximate surface area is 368 Å². The third-order valence-electron chi connectivity index (χ3n) is 19.0. The van der Waals surface area contributed by atoms with Crippen molar-refractivity contribution in [1.82, 2.24) is 20.0 Å². The van der Waals surface area contributed by atoms with E-state index in [0.29, 0.717) is 48.8 Å². The van der Waals surface area contributed by atoms with Crippen LogP contribution in [0.4, 0.5) is 5.69 Å². The molecule has 9 nitrogen and oxygen atoms in total. The Balaban J connectivity index is 0.846. The van der Waals surface area contributed by atoms with Crippen LogP contribution in [0, 0.1) is 56.7 Å². The van der Waals surface area contributed by atoms with Crippen molar-refractivity contribution in [3.63, 3.8) is 0 Å². The molecule has 2 aromatic carbocycles. The van der Waals surface area contributed by atoms with Crippen molar-refractivity contribution >= 4 is 28.5 Å². The average molecular weight is 840 g/mol. The molecule has 4 saturated carbocycles. The molecule has 0 bridgehead atoms. The Bertz CT molecular complexity index is 2390. The largest absolute Gasteiger partial charge is 0.481 e. The van der Waals surface area contributed by atoms with Crippen LogP contribution in [-0.2, 0) is 21.7 Å². The summed E-state index contributed by atoms with van der Waals surface area (Å²) in [5.74, 6) is 1.15. The van der Waals surface area contributed by atoms with Gasteiger partial charge in [0.1, 0.15) is 11.3 Å². The van der Waals surface area contributed by atoms with Gasteiger partial charge in [0, 0.05) is 29.3 Å². The number of hydrogen-bond donors (Lipinski definition) is 3. The van der Waals surface area contributed by atoms with Crippen molar-refractivity contribution in [2.24, 2.45) is 56.7 Å². The molecule has 0 radical (unpaired) electrons. The molecular weight excluding hydrogens is 771 g/mol. The number of anilines is 1. The highest BCUT2D eigenvalue weighted by molar-refractivity contribution is 6.02. The van der Waals surface area contributed by atoms with Gasteiger partial charge in [0.2, 0.25) is 5.91 Å². The number of carbonyl (C=O) groups is 2. The van der Waals surface area contributed by atoms with Gasteiger partial charge in [-0.25, -0.2) is 4.98 Å². The van der Waals surface area contributed by atoms with Gasteiger partial charge in [0.05, 0.1) is 28.5 Å². The van der Waals surface area contributed by atoms with Crippen molar-refractivity contribution in [3.8, 4) is 11.3 Å². The normalized spacial score (nSPS) is 36.1. The van der Waals surface area contributed by atoms with E-state index in [1.165, 1.54) is 5.57 Å². The molecule has 9 heteroatoms. The van der Waals surface area contributed by atoms with Crippen molar-refractivity contribution in [2.45, 2.75) is 144 Å². The second kappa shape index (κ2) is 15.4. The summed E-state index contributed by atoms with van der Waals surface area (Å²) in [5.41, 5.74) is 3.49. The number of aliphatic carboxylic acids is 1. The lowest BCUT2D eigenvalue weighted by Crippen LogP contribution is -2.66. The number of aliphatic hydroxyl groups is 1. The molecule has 10 atom stereocenters. The minimum absolute atomic E-state index is 0.00797. The quantitative estimate of drug-likeness (QED) is 0.107. The highest BCUT2D eigenvalue weighted by Crippen LogP contribution is 2.77. The molecule has 9 rings (SSSR count). The summed E-state index contributed by atoms with van der Waals surface area (Å²) in [7, 11) is 0. The van der Waals surface area contributed by atoms with Crippen LogP contribution in [0.5, 0.6) is 0 Å². The molecule has 2 aromatic heterocycles. The maximum atomic E-state index is 13.2. The minimum atomic E-state index is -1.10. The number of para-hydroxylation sites is 1. The molecule has 0 unspecified atom stereocenters. The highest BCUT2D eigenvalue weighted by atomic mass is 16.4. The Kier molecular flexibility index (Phi) is 10.7. The van der Waals surface area contributed by atoms with Crippen molar-refractivity contribution in [1.29, 1.82) is 0 Å². The second-order valence-electron chi connectivity index (χ2n) is 21.9. The predicted molar refractivity (Wildman–Crippen MR) is 245 cm³/mol. The van der Waals surface area contributed by atoms with Gasteiger partial charge < -0.3 is 15.5 Å². The van der Waals surface area contributed by atoms with Crippen molar-refractivity contribution in [3.05, 3.63) is 84.2 Å². The van der Waals surface area contributed by atoms with E-state index in [9.17, 15) is 19.8 Å². The third kappa shape index (κ3) is 6.43. The minimum Gasteiger partial charge on any atom is -0.481 e. The molecule has 4 aromatic rings. The number of nitrogens with one attached hydrogen (secondary N) is 1. The summed E-state index contributed by atoms with van der Waals surface area (Å²) < 4.78 is 1.88. The number of nitrogens with zero attached hydrogens (tertiary/aromatic N) is 4. The summed E-state index contributed by atoms with van der Waals surface area (Å²) >= 11 is 0. The van der Waals surface area contributed by atoms with Crippen LogP contribution in [0.25, 0.3) is 22.2 Å². The lowest BCUT2D eigenvalue weighted by Gasteiger charge is -2.72. The molecule has 1 amide bonds. The van der Waals surface area contributed by atoms with E-state index in [1.54, 1.807) is 0 Å². The summed E-state index contributed by atoms with van der Waals surface area (Å²) in [5, 5.41) is 36.9. The lowest BCUT2D eigenvalue weighted by molar-refractivity contribution is -0.240. The van der Waals surface area contributed by atoms with Gasteiger partial charge in [0.15, 0.2) is 0 Å². The molecule has 0 saturated heterocycles. The molecule has 2 heterocycles. The first kappa shape index (κ1) is 42.9. The molecule has 0 aliphatic heterocycles. The summed E-state index contributed by atoms with van der Waals surface area (Å²) in [6, 6.07) is 19.9. The molecule has 0 spiro atoms. The fourth-order valence-electron chi connectivity index (χ4n) is 14.9. The fraction of sp³-hybridized carbons (Fsp3) is 0.604. The number of benzene rings is 2. The monoisotopic (exact) mass is 840 g/mol. The maximum absolute atomic E-state index is 13.2. The highest BCUT2D eigenvalue weighted by Gasteiger charge is 2.71. The molecule has 330 valence electrons. The van der Waals surface area contributed by atoms with Crippen LogP contribution >= 0.6 is 0 Å². The van der Waals surface area contributed by atoms with Gasteiger partial charge in [-0.15, -0.1) is 5.10 Å². The maximum Gasteiger partial charge on any atom is 0.310 e. The van der Waals surface area contributed by atoms with Crippen molar-refractivity contribution in [2.75, 3.05) is 5.32 Å². The second-order valence-corrected chi connectivity index (χ2v) is 21.9. The number of carbonyl (C=O) groups excluding carboxylic acids is 1. The van der Waals surface area contributed by atoms with E-state index >= 15 is 0 Å². The number of carboxylic acids is 1. The van der Waals surface area contributed by atoms with Crippen LogP contribution in [0.15, 0.2) is 78.5 Å². The molecule has 5 aliphatic rings. The first-order valence-electron chi connectivity index (χ1n) is 23.8. The zero-order valence-corrected chi connectivity index (χ0v) is 38.2. The first-order chi connectivity index (χ1) is 29.5. The number of aryl methyl sites for hydroxylation is 1. The number of unbranched alkanes of at least 4 members (excludes halogenated alkanes) is 2. The van der Waals surface area contributed by atoms with Gasteiger partial charge >= 0.3 is 5.97 Å². The van der Waals surface area contributed by atoms with E-state index in [1.807, 2.05) is 71.5 Å². The number of rotatable bonds is 10. The molecule has 5 aliphatic carbocycles. The molecular formula is C53H69N5O4. The topological polar surface area (TPSA) is 130 Å². The number of fused-ring (bicyclic) bond motifs is 8. The van der Waals surface area contributed by atoms with Gasteiger partial charge in [-0.3, -0.25) is 14.3 Å². The summed E-state index contributed by atoms with van der Waals surface area (Å²) in [6.45, 7) is 17.5. The fourth-order valence-corrected chi connectivity index (χ4v) is 14.9. The number of pyridine rings is 1. The Morgan fingerprint density at radius 2 is 1.61 bits per heavy atom. The number of amides is 1. The van der Waals surface area contributed by atoms with Crippen LogP contribution in [-0.4, -0.2) is 42.1 Å². The summed E-state index contributed by atoms with van der Waals surface area (Å²) in [4.78, 5) is 31.2. The Hall–Kier alpha value is -4.37. The summed E-state index contributed by atoms with van der Waals surface area (Å²) in [6.07, 6.45) is 15.6. The standard InChI is InChI=1S/C53H69N5O4/c1-34-23-26-52(47(60)61)29-28-50(6)38(46(52)35(34)2)21-22-43-49(5)27-30-53(62,48(3,4)42(49)24-25-51(43,50)7)44-33-58(57-56-44)31-15-9-12-20-45(59)55-41-32-40(36-16-10-8-11-17-36)54-39-19-14-13-18-37(39)41/h8,10-11,13-14,16-19,21,32-35,42-43,46,62H,9,12,15,20,22-31H2,1-7H3,(H,60,61)(H,54,55,59)/t34-,35+,42+,43-,46+,49+,50-,51-,52+,53-/m1/s1. The van der Waals surface area contributed by atoms with Gasteiger partial charge in [-0.2, -0.15) is 0 Å². The molecule has 3 N–H and O–H groups in total. The van der Waals surface area contributed by atoms with Crippen molar-refractivity contribution < 1.29 is 19.8 Å². The number of aromatic nitrogens is 4. The van der Waals surface area contributed by atoms with E-state index in [2.05, 4.69) is 70.2 Å². The lowest BCUT2D eigenvalue weighted by atomic mass is 9.32. The Morgan fingerprint density at radius 1 is 0.855 bits per heavy atom. The molecule has 4 fully saturated rings. The smallest absolute Gasteiger partial charge is 0.310 e.